The van der Waals surface area contributed by atoms with E-state index in [2.05, 4.69) is 5.32 Å². The van der Waals surface area contributed by atoms with Gasteiger partial charge in [-0.1, -0.05) is 0 Å². The third-order valence-corrected chi connectivity index (χ3v) is 3.57. The maximum absolute atomic E-state index is 11.8. The van der Waals surface area contributed by atoms with Crippen molar-refractivity contribution in [1.82, 2.24) is 5.32 Å². The number of nitrogens with one attached hydrogen (secondary N) is 1. The Labute approximate surface area is 115 Å². The van der Waals surface area contributed by atoms with Gasteiger partial charge >= 0.3 is 0 Å². The van der Waals surface area contributed by atoms with Crippen LogP contribution in [0.1, 0.15) is 51.4 Å². The Kier molecular flexibility index (Phi) is 6.37. The molecule has 0 spiro atoms. The van der Waals surface area contributed by atoms with E-state index in [0.29, 0.717) is 13.0 Å². The Hall–Kier alpha value is -0.870. The van der Waals surface area contributed by atoms with Crippen molar-refractivity contribution in [2.24, 2.45) is 0 Å². The van der Waals surface area contributed by atoms with E-state index in [1.54, 1.807) is 6.08 Å². The average molecular weight is 267 g/mol. The summed E-state index contributed by atoms with van der Waals surface area (Å²) in [5.74, 6) is 0.206. The fourth-order valence-corrected chi connectivity index (χ4v) is 2.47. The zero-order valence-electron chi connectivity index (χ0n) is 11.7. The topological polar surface area (TPSA) is 47.6 Å². The van der Waals surface area contributed by atoms with Crippen molar-refractivity contribution in [3.8, 4) is 0 Å². The number of piperidine rings is 1. The van der Waals surface area contributed by atoms with E-state index in [1.165, 1.54) is 19.3 Å². The minimum atomic E-state index is -0.0396. The highest BCUT2D eigenvalue weighted by Gasteiger charge is 2.13. The number of carbonyl (C=O) groups excluding carboxylic acids is 1. The Morgan fingerprint density at radius 2 is 2.32 bits per heavy atom. The van der Waals surface area contributed by atoms with Crippen LogP contribution in [0.2, 0.25) is 0 Å². The van der Waals surface area contributed by atoms with Crippen LogP contribution in [-0.4, -0.2) is 31.8 Å². The summed E-state index contributed by atoms with van der Waals surface area (Å²) < 4.78 is 11.1. The lowest BCUT2D eigenvalue weighted by atomic mass is 10.1. The average Bonchev–Trinajstić information content (AvgIpc) is 2.46. The van der Waals surface area contributed by atoms with Crippen molar-refractivity contribution in [2.45, 2.75) is 57.7 Å². The van der Waals surface area contributed by atoms with E-state index in [0.717, 1.165) is 44.5 Å². The predicted octanol–water partition coefficient (Wildman–Crippen LogP) is 2.54. The number of hydrogen-bond acceptors (Lipinski definition) is 4. The summed E-state index contributed by atoms with van der Waals surface area (Å²) in [5, 5.41) is 3.28. The molecule has 2 fully saturated rings. The largest absolute Gasteiger partial charge is 0.388 e. The van der Waals surface area contributed by atoms with Crippen LogP contribution in [0, 0.1) is 0 Å². The molecule has 2 rings (SSSR count). The lowest BCUT2D eigenvalue weighted by Gasteiger charge is -2.22. The third kappa shape index (κ3) is 5.74. The molecule has 2 saturated heterocycles. The summed E-state index contributed by atoms with van der Waals surface area (Å²) in [6, 6.07) is 0. The molecule has 1 N–H and O–H groups in total. The van der Waals surface area contributed by atoms with Crippen molar-refractivity contribution >= 4 is 5.78 Å². The van der Waals surface area contributed by atoms with Gasteiger partial charge in [-0.25, -0.2) is 0 Å². The number of rotatable bonds is 6. The summed E-state index contributed by atoms with van der Waals surface area (Å²) in [5.41, 5.74) is 1.10. The van der Waals surface area contributed by atoms with Crippen molar-refractivity contribution in [2.75, 3.05) is 19.8 Å². The van der Waals surface area contributed by atoms with Gasteiger partial charge in [-0.15, -0.1) is 0 Å². The fourth-order valence-electron chi connectivity index (χ4n) is 2.47. The summed E-state index contributed by atoms with van der Waals surface area (Å²) >= 11 is 0. The SMILES string of the molecule is O=C(/C=C1/CCCCN1)CCCOC1CCCCO1. The van der Waals surface area contributed by atoms with Crippen LogP contribution in [0.3, 0.4) is 0 Å². The summed E-state index contributed by atoms with van der Waals surface area (Å²) in [7, 11) is 0. The maximum Gasteiger partial charge on any atom is 0.157 e. The van der Waals surface area contributed by atoms with Gasteiger partial charge in [-0.3, -0.25) is 4.79 Å². The van der Waals surface area contributed by atoms with Gasteiger partial charge in [0.15, 0.2) is 12.1 Å². The van der Waals surface area contributed by atoms with Crippen LogP contribution in [0.4, 0.5) is 0 Å². The lowest BCUT2D eigenvalue weighted by Crippen LogP contribution is -2.23. The van der Waals surface area contributed by atoms with E-state index in [-0.39, 0.29) is 12.1 Å². The molecule has 0 saturated carbocycles. The highest BCUT2D eigenvalue weighted by molar-refractivity contribution is 5.90. The molecular weight excluding hydrogens is 242 g/mol. The molecule has 0 aromatic carbocycles. The lowest BCUT2D eigenvalue weighted by molar-refractivity contribution is -0.163. The molecule has 0 aromatic heterocycles. The number of ether oxygens (including phenoxy) is 2. The second-order valence-electron chi connectivity index (χ2n) is 5.29. The first-order valence-corrected chi connectivity index (χ1v) is 7.55. The predicted molar refractivity (Wildman–Crippen MR) is 73.7 cm³/mol. The molecule has 19 heavy (non-hydrogen) atoms. The Morgan fingerprint density at radius 3 is 3.05 bits per heavy atom. The van der Waals surface area contributed by atoms with E-state index in [4.69, 9.17) is 9.47 Å². The van der Waals surface area contributed by atoms with Gasteiger partial charge in [0.2, 0.25) is 0 Å². The molecule has 2 aliphatic rings. The Balaban J connectivity index is 1.55. The van der Waals surface area contributed by atoms with Crippen molar-refractivity contribution in [3.05, 3.63) is 11.8 Å². The highest BCUT2D eigenvalue weighted by atomic mass is 16.7. The second kappa shape index (κ2) is 8.33. The normalized spacial score (nSPS) is 26.1. The molecule has 0 radical (unpaired) electrons. The van der Waals surface area contributed by atoms with E-state index in [1.807, 2.05) is 0 Å². The number of allylic oxidation sites excluding steroid dienone is 2. The minimum Gasteiger partial charge on any atom is -0.388 e. The third-order valence-electron chi connectivity index (χ3n) is 3.57. The quantitative estimate of drug-likeness (QED) is 0.593. The number of hydrogen-bond donors (Lipinski definition) is 1. The molecule has 4 heteroatoms. The fraction of sp³-hybridized carbons (Fsp3) is 0.800. The number of carbonyl (C=O) groups is 1. The molecule has 0 bridgehead atoms. The smallest absolute Gasteiger partial charge is 0.157 e. The highest BCUT2D eigenvalue weighted by Crippen LogP contribution is 2.14. The monoisotopic (exact) mass is 267 g/mol. The van der Waals surface area contributed by atoms with E-state index in [9.17, 15) is 4.79 Å². The van der Waals surface area contributed by atoms with Gasteiger partial charge in [-0.05, 0) is 44.9 Å². The Bertz CT molecular complexity index is 301. The van der Waals surface area contributed by atoms with Crippen molar-refractivity contribution in [3.63, 3.8) is 0 Å². The van der Waals surface area contributed by atoms with Gasteiger partial charge in [-0.2, -0.15) is 0 Å². The molecule has 2 heterocycles. The van der Waals surface area contributed by atoms with Gasteiger partial charge in [0.05, 0.1) is 6.61 Å². The molecular formula is C15H25NO3. The molecule has 2 aliphatic heterocycles. The van der Waals surface area contributed by atoms with Crippen LogP contribution >= 0.6 is 0 Å². The van der Waals surface area contributed by atoms with Crippen LogP contribution in [-0.2, 0) is 14.3 Å². The van der Waals surface area contributed by atoms with Crippen LogP contribution in [0.15, 0.2) is 11.8 Å². The van der Waals surface area contributed by atoms with E-state index >= 15 is 0 Å². The van der Waals surface area contributed by atoms with Crippen LogP contribution in [0.25, 0.3) is 0 Å². The number of ketones is 1. The van der Waals surface area contributed by atoms with Gasteiger partial charge in [0.25, 0.3) is 0 Å². The van der Waals surface area contributed by atoms with Crippen LogP contribution in [0.5, 0.6) is 0 Å². The van der Waals surface area contributed by atoms with Gasteiger partial charge in [0.1, 0.15) is 0 Å². The van der Waals surface area contributed by atoms with Gasteiger partial charge < -0.3 is 14.8 Å². The summed E-state index contributed by atoms with van der Waals surface area (Å²) in [4.78, 5) is 11.8. The van der Waals surface area contributed by atoms with Crippen molar-refractivity contribution < 1.29 is 14.3 Å². The Morgan fingerprint density at radius 1 is 1.37 bits per heavy atom. The standard InChI is InChI=1S/C15H25NO3/c17-14(12-13-6-1-3-9-16-13)7-5-11-19-15-8-2-4-10-18-15/h12,15-16H,1-11H2/b13-12-. The van der Waals surface area contributed by atoms with E-state index < -0.39 is 0 Å². The molecule has 0 aliphatic carbocycles. The maximum atomic E-state index is 11.8. The first kappa shape index (κ1) is 14.5. The molecule has 1 atom stereocenters. The van der Waals surface area contributed by atoms with Gasteiger partial charge in [0, 0.05) is 31.3 Å². The first-order valence-electron chi connectivity index (χ1n) is 7.55. The van der Waals surface area contributed by atoms with Crippen molar-refractivity contribution in [1.29, 1.82) is 0 Å². The zero-order chi connectivity index (χ0) is 13.3. The minimum absolute atomic E-state index is 0.0396. The summed E-state index contributed by atoms with van der Waals surface area (Å²) in [6.45, 7) is 2.43. The molecule has 108 valence electrons. The molecule has 4 nitrogen and oxygen atoms in total. The van der Waals surface area contributed by atoms with Crippen LogP contribution < -0.4 is 5.32 Å². The zero-order valence-corrected chi connectivity index (χ0v) is 11.7. The first-order chi connectivity index (χ1) is 9.34. The second-order valence-corrected chi connectivity index (χ2v) is 5.29. The molecule has 0 amide bonds. The molecule has 0 aromatic rings. The summed E-state index contributed by atoms with van der Waals surface area (Å²) in [6.07, 6.45) is 9.80. The molecule has 1 unspecified atom stereocenters.